The third kappa shape index (κ3) is 3.82. The maximum atomic E-state index is 12.8. The van der Waals surface area contributed by atoms with Crippen molar-refractivity contribution < 1.29 is 14.0 Å². The molecule has 2 N–H and O–H groups in total. The summed E-state index contributed by atoms with van der Waals surface area (Å²) in [4.78, 5) is 26.4. The second-order valence-electron chi connectivity index (χ2n) is 3.44. The fourth-order valence-corrected chi connectivity index (χ4v) is 1.20. The lowest BCUT2D eigenvalue weighted by molar-refractivity contribution is -0.122. The quantitative estimate of drug-likeness (QED) is 0.750. The molecule has 0 aliphatic heterocycles. The van der Waals surface area contributed by atoms with Crippen molar-refractivity contribution in [1.29, 1.82) is 0 Å². The summed E-state index contributed by atoms with van der Waals surface area (Å²) in [5.74, 6) is -1.61. The van der Waals surface area contributed by atoms with Crippen molar-refractivity contribution in [3.8, 4) is 0 Å². The van der Waals surface area contributed by atoms with Gasteiger partial charge in [-0.15, -0.1) is 0 Å². The van der Waals surface area contributed by atoms with Gasteiger partial charge in [-0.2, -0.15) is 4.39 Å². The minimum atomic E-state index is -0.733. The molecule has 1 aromatic rings. The maximum Gasteiger partial charge on any atom is 0.270 e. The Balaban J connectivity index is 2.63. The summed E-state index contributed by atoms with van der Waals surface area (Å²) in [6.07, 6.45) is 0. The molecule has 0 saturated carbocycles. The number of hydrogen-bond acceptors (Lipinski definition) is 3. The van der Waals surface area contributed by atoms with Crippen LogP contribution in [0.5, 0.6) is 0 Å². The minimum Gasteiger partial charge on any atom is -0.355 e. The van der Waals surface area contributed by atoms with E-state index in [-0.39, 0.29) is 11.6 Å². The van der Waals surface area contributed by atoms with Crippen LogP contribution in [0, 0.1) is 5.95 Å². The monoisotopic (exact) mass is 239 g/mol. The number of nitrogens with zero attached hydrogens (tertiary/aromatic N) is 1. The number of halogens is 1. The van der Waals surface area contributed by atoms with Gasteiger partial charge >= 0.3 is 0 Å². The third-order valence-electron chi connectivity index (χ3n) is 2.04. The highest BCUT2D eigenvalue weighted by atomic mass is 19.1. The van der Waals surface area contributed by atoms with Gasteiger partial charge in [0.1, 0.15) is 11.7 Å². The van der Waals surface area contributed by atoms with E-state index in [1.165, 1.54) is 12.1 Å². The summed E-state index contributed by atoms with van der Waals surface area (Å²) in [7, 11) is 0. The summed E-state index contributed by atoms with van der Waals surface area (Å²) < 4.78 is 12.8. The van der Waals surface area contributed by atoms with E-state index in [9.17, 15) is 14.0 Å². The predicted molar refractivity (Wildman–Crippen MR) is 59.8 cm³/mol. The standard InChI is InChI=1S/C11H14FN3O2/c1-3-13-10(16)7(2)14-11(17)8-5-4-6-9(12)15-8/h4-7H,3H2,1-2H3,(H,13,16)(H,14,17). The van der Waals surface area contributed by atoms with E-state index < -0.39 is 17.9 Å². The molecule has 0 aliphatic rings. The molecule has 0 radical (unpaired) electrons. The molecular formula is C11H14FN3O2. The van der Waals surface area contributed by atoms with Crippen molar-refractivity contribution in [2.24, 2.45) is 0 Å². The number of amides is 2. The molecule has 0 aromatic carbocycles. The topological polar surface area (TPSA) is 71.1 Å². The summed E-state index contributed by atoms with van der Waals surface area (Å²) in [5, 5.41) is 4.99. The molecule has 0 fully saturated rings. The molecular weight excluding hydrogens is 225 g/mol. The largest absolute Gasteiger partial charge is 0.355 e. The van der Waals surface area contributed by atoms with Gasteiger partial charge in [0, 0.05) is 6.54 Å². The Morgan fingerprint density at radius 3 is 2.76 bits per heavy atom. The second-order valence-corrected chi connectivity index (χ2v) is 3.44. The van der Waals surface area contributed by atoms with Gasteiger partial charge in [0.15, 0.2) is 0 Å². The highest BCUT2D eigenvalue weighted by molar-refractivity contribution is 5.95. The molecule has 5 nitrogen and oxygen atoms in total. The summed E-state index contributed by atoms with van der Waals surface area (Å²) in [5.41, 5.74) is -0.0545. The number of aromatic nitrogens is 1. The van der Waals surface area contributed by atoms with Crippen molar-refractivity contribution in [2.75, 3.05) is 6.54 Å². The van der Waals surface area contributed by atoms with Gasteiger partial charge in [-0.1, -0.05) is 6.07 Å². The van der Waals surface area contributed by atoms with Gasteiger partial charge in [-0.25, -0.2) is 4.98 Å². The van der Waals surface area contributed by atoms with Crippen LogP contribution in [0.15, 0.2) is 18.2 Å². The molecule has 0 spiro atoms. The number of carbonyl (C=O) groups is 2. The van der Waals surface area contributed by atoms with Crippen LogP contribution in [0.4, 0.5) is 4.39 Å². The Morgan fingerprint density at radius 2 is 2.18 bits per heavy atom. The van der Waals surface area contributed by atoms with Crippen molar-refractivity contribution in [1.82, 2.24) is 15.6 Å². The first-order valence-corrected chi connectivity index (χ1v) is 5.25. The number of nitrogens with one attached hydrogen (secondary N) is 2. The smallest absolute Gasteiger partial charge is 0.270 e. The zero-order valence-electron chi connectivity index (χ0n) is 9.66. The van der Waals surface area contributed by atoms with Crippen LogP contribution >= 0.6 is 0 Å². The molecule has 0 bridgehead atoms. The van der Waals surface area contributed by atoms with Crippen LogP contribution in [0.2, 0.25) is 0 Å². The third-order valence-corrected chi connectivity index (χ3v) is 2.04. The minimum absolute atomic E-state index is 0.0545. The summed E-state index contributed by atoms with van der Waals surface area (Å²) >= 11 is 0. The first kappa shape index (κ1) is 13.1. The van der Waals surface area contributed by atoms with Crippen LogP contribution in [0.3, 0.4) is 0 Å². The van der Waals surface area contributed by atoms with Gasteiger partial charge < -0.3 is 10.6 Å². The fourth-order valence-electron chi connectivity index (χ4n) is 1.20. The van der Waals surface area contributed by atoms with Gasteiger partial charge in [0.05, 0.1) is 0 Å². The lowest BCUT2D eigenvalue weighted by Gasteiger charge is -2.12. The lowest BCUT2D eigenvalue weighted by atomic mass is 10.2. The van der Waals surface area contributed by atoms with Crippen molar-refractivity contribution in [2.45, 2.75) is 19.9 Å². The zero-order valence-corrected chi connectivity index (χ0v) is 9.66. The van der Waals surface area contributed by atoms with Crippen LogP contribution in [0.1, 0.15) is 24.3 Å². The molecule has 1 atom stereocenters. The van der Waals surface area contributed by atoms with Crippen LogP contribution in [-0.2, 0) is 4.79 Å². The predicted octanol–water partition coefficient (Wildman–Crippen LogP) is 0.475. The Hall–Kier alpha value is -1.98. The van der Waals surface area contributed by atoms with E-state index >= 15 is 0 Å². The maximum absolute atomic E-state index is 12.8. The molecule has 1 rings (SSSR count). The van der Waals surface area contributed by atoms with E-state index in [0.717, 1.165) is 6.07 Å². The number of carbonyl (C=O) groups excluding carboxylic acids is 2. The Bertz CT molecular complexity index is 423. The molecule has 6 heteroatoms. The fraction of sp³-hybridized carbons (Fsp3) is 0.364. The van der Waals surface area contributed by atoms with Crippen LogP contribution in [0.25, 0.3) is 0 Å². The van der Waals surface area contributed by atoms with Gasteiger partial charge in [0.2, 0.25) is 11.9 Å². The molecule has 1 aromatic heterocycles. The molecule has 0 saturated heterocycles. The zero-order chi connectivity index (χ0) is 12.8. The average molecular weight is 239 g/mol. The molecule has 17 heavy (non-hydrogen) atoms. The average Bonchev–Trinajstić information content (AvgIpc) is 2.29. The van der Waals surface area contributed by atoms with Crippen molar-refractivity contribution in [3.63, 3.8) is 0 Å². The van der Waals surface area contributed by atoms with Crippen LogP contribution < -0.4 is 10.6 Å². The Kier molecular flexibility index (Phi) is 4.56. The SMILES string of the molecule is CCNC(=O)C(C)NC(=O)c1cccc(F)n1. The van der Waals surface area contributed by atoms with E-state index in [1.54, 1.807) is 13.8 Å². The first-order chi connectivity index (χ1) is 8.04. The van der Waals surface area contributed by atoms with Gasteiger partial charge in [-0.3, -0.25) is 9.59 Å². The van der Waals surface area contributed by atoms with Gasteiger partial charge in [-0.05, 0) is 26.0 Å². The number of likely N-dealkylation sites (N-methyl/N-ethyl adjacent to an activating group) is 1. The van der Waals surface area contributed by atoms with E-state index in [4.69, 9.17) is 0 Å². The highest BCUT2D eigenvalue weighted by Gasteiger charge is 2.16. The normalized spacial score (nSPS) is 11.7. The highest BCUT2D eigenvalue weighted by Crippen LogP contribution is 1.98. The number of pyridine rings is 1. The van der Waals surface area contributed by atoms with Crippen molar-refractivity contribution in [3.05, 3.63) is 29.8 Å². The first-order valence-electron chi connectivity index (χ1n) is 5.25. The Morgan fingerprint density at radius 1 is 1.47 bits per heavy atom. The van der Waals surface area contributed by atoms with E-state index in [2.05, 4.69) is 15.6 Å². The van der Waals surface area contributed by atoms with E-state index in [1.807, 2.05) is 0 Å². The molecule has 92 valence electrons. The molecule has 0 aliphatic carbocycles. The van der Waals surface area contributed by atoms with Crippen molar-refractivity contribution >= 4 is 11.8 Å². The number of hydrogen-bond donors (Lipinski definition) is 2. The van der Waals surface area contributed by atoms with E-state index in [0.29, 0.717) is 6.54 Å². The lowest BCUT2D eigenvalue weighted by Crippen LogP contribution is -2.44. The summed E-state index contributed by atoms with van der Waals surface area (Å²) in [6.45, 7) is 3.81. The molecule has 2 amide bonds. The Labute approximate surface area is 98.4 Å². The summed E-state index contributed by atoms with van der Waals surface area (Å²) in [6, 6.07) is 3.22. The van der Waals surface area contributed by atoms with Crippen LogP contribution in [-0.4, -0.2) is 29.4 Å². The molecule has 1 unspecified atom stereocenters. The van der Waals surface area contributed by atoms with Gasteiger partial charge in [0.25, 0.3) is 5.91 Å². The number of rotatable bonds is 4. The second kappa shape index (κ2) is 5.93. The molecule has 1 heterocycles.